The maximum atomic E-state index is 13.4. The Bertz CT molecular complexity index is 373. The van der Waals surface area contributed by atoms with Gasteiger partial charge in [0.2, 0.25) is 0 Å². The van der Waals surface area contributed by atoms with Gasteiger partial charge in [-0.05, 0) is 31.5 Å². The number of halogens is 2. The van der Waals surface area contributed by atoms with Crippen LogP contribution in [0.5, 0.6) is 0 Å². The number of hydrogen-bond acceptors (Lipinski definition) is 1. The molecule has 1 aliphatic heterocycles. The summed E-state index contributed by atoms with van der Waals surface area (Å²) < 4.78 is 26.7. The Morgan fingerprint density at radius 1 is 1.12 bits per heavy atom. The van der Waals surface area contributed by atoms with Crippen molar-refractivity contribution in [2.24, 2.45) is 0 Å². The predicted octanol–water partition coefficient (Wildman–Crippen LogP) is 3.51. The van der Waals surface area contributed by atoms with Crippen LogP contribution < -0.4 is 5.32 Å². The van der Waals surface area contributed by atoms with Crippen molar-refractivity contribution in [1.82, 2.24) is 5.32 Å². The van der Waals surface area contributed by atoms with Crippen LogP contribution in [-0.4, -0.2) is 12.6 Å². The molecule has 1 aromatic carbocycles. The standard InChI is InChI=1S/C14H17F2N/c15-13-6-4-7-14(16)12(13)9-8-11-5-2-1-3-10-17-11/h4,6-9,11,17H,1-3,5,10H2/b9-8+. The summed E-state index contributed by atoms with van der Waals surface area (Å²) in [5, 5.41) is 3.36. The molecule has 0 spiro atoms. The van der Waals surface area contributed by atoms with Crippen LogP contribution in [0.1, 0.15) is 31.2 Å². The lowest BCUT2D eigenvalue weighted by Crippen LogP contribution is -2.25. The summed E-state index contributed by atoms with van der Waals surface area (Å²) in [6.45, 7) is 0.981. The highest BCUT2D eigenvalue weighted by Crippen LogP contribution is 2.16. The fourth-order valence-electron chi connectivity index (χ4n) is 2.10. The first-order valence-corrected chi connectivity index (χ1v) is 6.13. The highest BCUT2D eigenvalue weighted by atomic mass is 19.1. The second-order valence-electron chi connectivity index (χ2n) is 4.40. The molecule has 1 heterocycles. The summed E-state index contributed by atoms with van der Waals surface area (Å²) in [6.07, 6.45) is 8.03. The lowest BCUT2D eigenvalue weighted by atomic mass is 10.1. The van der Waals surface area contributed by atoms with Crippen LogP contribution in [0.3, 0.4) is 0 Å². The summed E-state index contributed by atoms with van der Waals surface area (Å²) in [5.41, 5.74) is 0.0542. The fraction of sp³-hybridized carbons (Fsp3) is 0.429. The summed E-state index contributed by atoms with van der Waals surface area (Å²) in [6, 6.07) is 4.18. The van der Waals surface area contributed by atoms with E-state index in [2.05, 4.69) is 5.32 Å². The fourth-order valence-corrected chi connectivity index (χ4v) is 2.10. The Kier molecular flexibility index (Phi) is 4.26. The van der Waals surface area contributed by atoms with Gasteiger partial charge in [-0.15, -0.1) is 0 Å². The van der Waals surface area contributed by atoms with E-state index in [4.69, 9.17) is 0 Å². The molecule has 1 fully saturated rings. The molecule has 0 amide bonds. The molecule has 1 N–H and O–H groups in total. The van der Waals surface area contributed by atoms with Crippen LogP contribution in [0.25, 0.3) is 6.08 Å². The van der Waals surface area contributed by atoms with Gasteiger partial charge in [0.05, 0.1) is 0 Å². The molecule has 2 rings (SSSR count). The number of benzene rings is 1. The Labute approximate surface area is 101 Å². The van der Waals surface area contributed by atoms with Gasteiger partial charge in [0.25, 0.3) is 0 Å². The van der Waals surface area contributed by atoms with Crippen molar-refractivity contribution in [3.8, 4) is 0 Å². The summed E-state index contributed by atoms with van der Waals surface area (Å²) >= 11 is 0. The quantitative estimate of drug-likeness (QED) is 0.830. The predicted molar refractivity (Wildman–Crippen MR) is 65.7 cm³/mol. The molecule has 3 heteroatoms. The number of rotatable bonds is 2. The van der Waals surface area contributed by atoms with Crippen molar-refractivity contribution >= 4 is 6.08 Å². The maximum absolute atomic E-state index is 13.4. The van der Waals surface area contributed by atoms with Crippen LogP contribution in [0.4, 0.5) is 8.78 Å². The minimum Gasteiger partial charge on any atom is -0.311 e. The van der Waals surface area contributed by atoms with Gasteiger partial charge in [0.1, 0.15) is 11.6 Å². The maximum Gasteiger partial charge on any atom is 0.133 e. The zero-order valence-electron chi connectivity index (χ0n) is 9.76. The zero-order valence-corrected chi connectivity index (χ0v) is 9.76. The summed E-state index contributed by atoms with van der Waals surface area (Å²) in [4.78, 5) is 0. The van der Waals surface area contributed by atoms with E-state index in [9.17, 15) is 8.78 Å². The molecule has 1 aliphatic rings. The zero-order chi connectivity index (χ0) is 12.1. The highest BCUT2D eigenvalue weighted by molar-refractivity contribution is 5.51. The normalized spacial score (nSPS) is 21.6. The van der Waals surface area contributed by atoms with E-state index in [1.54, 1.807) is 6.08 Å². The molecular formula is C14H17F2N. The van der Waals surface area contributed by atoms with E-state index in [1.807, 2.05) is 6.08 Å². The SMILES string of the molecule is Fc1cccc(F)c1/C=C/C1CCCCCN1. The lowest BCUT2D eigenvalue weighted by Gasteiger charge is -2.10. The van der Waals surface area contributed by atoms with Gasteiger partial charge in [-0.1, -0.05) is 31.1 Å². The number of nitrogens with one attached hydrogen (secondary N) is 1. The molecule has 1 unspecified atom stereocenters. The largest absolute Gasteiger partial charge is 0.311 e. The van der Waals surface area contributed by atoms with E-state index < -0.39 is 11.6 Å². The van der Waals surface area contributed by atoms with Gasteiger partial charge in [0.15, 0.2) is 0 Å². The third kappa shape index (κ3) is 3.37. The van der Waals surface area contributed by atoms with Gasteiger partial charge < -0.3 is 5.32 Å². The molecule has 1 nitrogen and oxygen atoms in total. The van der Waals surface area contributed by atoms with Gasteiger partial charge in [-0.2, -0.15) is 0 Å². The Morgan fingerprint density at radius 3 is 2.65 bits per heavy atom. The molecule has 0 aliphatic carbocycles. The van der Waals surface area contributed by atoms with E-state index in [1.165, 1.54) is 37.5 Å². The highest BCUT2D eigenvalue weighted by Gasteiger charge is 2.09. The first-order valence-electron chi connectivity index (χ1n) is 6.13. The van der Waals surface area contributed by atoms with Crippen LogP contribution in [0.2, 0.25) is 0 Å². The van der Waals surface area contributed by atoms with E-state index in [0.29, 0.717) is 0 Å². The molecule has 0 saturated carbocycles. The average molecular weight is 237 g/mol. The van der Waals surface area contributed by atoms with E-state index >= 15 is 0 Å². The second kappa shape index (κ2) is 5.92. The van der Waals surface area contributed by atoms with E-state index in [-0.39, 0.29) is 11.6 Å². The molecule has 92 valence electrons. The van der Waals surface area contributed by atoms with Crippen molar-refractivity contribution in [3.63, 3.8) is 0 Å². The van der Waals surface area contributed by atoms with Gasteiger partial charge in [-0.25, -0.2) is 8.78 Å². The van der Waals surface area contributed by atoms with Crippen molar-refractivity contribution < 1.29 is 8.78 Å². The van der Waals surface area contributed by atoms with Crippen LogP contribution in [0.15, 0.2) is 24.3 Å². The van der Waals surface area contributed by atoms with Crippen molar-refractivity contribution in [2.45, 2.75) is 31.7 Å². The Balaban J connectivity index is 2.08. The molecule has 0 radical (unpaired) electrons. The first kappa shape index (κ1) is 12.2. The van der Waals surface area contributed by atoms with Gasteiger partial charge >= 0.3 is 0 Å². The minimum atomic E-state index is -0.505. The van der Waals surface area contributed by atoms with Crippen LogP contribution >= 0.6 is 0 Å². The van der Waals surface area contributed by atoms with E-state index in [0.717, 1.165) is 13.0 Å². The van der Waals surface area contributed by atoms with Crippen LogP contribution in [0, 0.1) is 11.6 Å². The monoisotopic (exact) mass is 237 g/mol. The van der Waals surface area contributed by atoms with Crippen molar-refractivity contribution in [3.05, 3.63) is 41.5 Å². The summed E-state index contributed by atoms with van der Waals surface area (Å²) in [5.74, 6) is -1.01. The number of hydrogen-bond donors (Lipinski definition) is 1. The smallest absolute Gasteiger partial charge is 0.133 e. The average Bonchev–Trinajstić information content (AvgIpc) is 2.57. The molecule has 1 aromatic rings. The first-order chi connectivity index (χ1) is 8.27. The van der Waals surface area contributed by atoms with Crippen molar-refractivity contribution in [1.29, 1.82) is 0 Å². The summed E-state index contributed by atoms with van der Waals surface area (Å²) in [7, 11) is 0. The van der Waals surface area contributed by atoms with Gasteiger partial charge in [-0.3, -0.25) is 0 Å². The molecule has 0 bridgehead atoms. The Morgan fingerprint density at radius 2 is 1.88 bits per heavy atom. The molecule has 0 aromatic heterocycles. The molecule has 17 heavy (non-hydrogen) atoms. The topological polar surface area (TPSA) is 12.0 Å². The molecule has 1 saturated heterocycles. The van der Waals surface area contributed by atoms with Crippen molar-refractivity contribution in [2.75, 3.05) is 6.54 Å². The Hall–Kier alpha value is -1.22. The third-order valence-electron chi connectivity index (χ3n) is 3.09. The lowest BCUT2D eigenvalue weighted by molar-refractivity contribution is 0.576. The molecular weight excluding hydrogens is 220 g/mol. The molecule has 1 atom stereocenters. The second-order valence-corrected chi connectivity index (χ2v) is 4.40. The minimum absolute atomic E-state index is 0.0542. The van der Waals surface area contributed by atoms with Gasteiger partial charge in [0, 0.05) is 11.6 Å². The van der Waals surface area contributed by atoms with Crippen LogP contribution in [-0.2, 0) is 0 Å². The third-order valence-corrected chi connectivity index (χ3v) is 3.09.